The maximum atomic E-state index is 12.7. The Hall–Kier alpha value is -2.03. The molecule has 162 valence electrons. The Bertz CT molecular complexity index is 923. The molecule has 0 aliphatic carbocycles. The van der Waals surface area contributed by atoms with Crippen LogP contribution in [0, 0.1) is 0 Å². The van der Waals surface area contributed by atoms with Gasteiger partial charge in [-0.05, 0) is 61.7 Å². The fourth-order valence-electron chi connectivity index (χ4n) is 3.23. The molecule has 6 nitrogen and oxygen atoms in total. The maximum Gasteiger partial charge on any atom is 0.243 e. The van der Waals surface area contributed by atoms with Gasteiger partial charge < -0.3 is 10.1 Å². The van der Waals surface area contributed by atoms with Gasteiger partial charge in [-0.15, -0.1) is 11.8 Å². The highest BCUT2D eigenvalue weighted by molar-refractivity contribution is 8.00. The van der Waals surface area contributed by atoms with Gasteiger partial charge in [0.25, 0.3) is 0 Å². The van der Waals surface area contributed by atoms with Gasteiger partial charge in [0.2, 0.25) is 15.9 Å². The number of nitrogens with one attached hydrogen (secondary N) is 1. The SMILES string of the molecule is CCOc1ccc(SCC(=O)NCc2ccc(S(=O)(=O)N3CCCCC3)cc2)cc1. The molecule has 0 atom stereocenters. The molecule has 0 spiro atoms. The van der Waals surface area contributed by atoms with Gasteiger partial charge in [0, 0.05) is 24.5 Å². The first kappa shape index (κ1) is 22.7. The summed E-state index contributed by atoms with van der Waals surface area (Å²) in [4.78, 5) is 13.4. The smallest absolute Gasteiger partial charge is 0.243 e. The van der Waals surface area contributed by atoms with Crippen LogP contribution in [-0.4, -0.2) is 44.1 Å². The summed E-state index contributed by atoms with van der Waals surface area (Å²) in [6.07, 6.45) is 2.91. The lowest BCUT2D eigenvalue weighted by atomic mass is 10.2. The van der Waals surface area contributed by atoms with Crippen LogP contribution in [-0.2, 0) is 21.4 Å². The summed E-state index contributed by atoms with van der Waals surface area (Å²) >= 11 is 1.46. The van der Waals surface area contributed by atoms with E-state index in [0.717, 1.165) is 35.5 Å². The number of sulfonamides is 1. The zero-order valence-corrected chi connectivity index (χ0v) is 18.8. The van der Waals surface area contributed by atoms with Crippen molar-refractivity contribution >= 4 is 27.7 Å². The number of rotatable bonds is 9. The van der Waals surface area contributed by atoms with Crippen LogP contribution in [0.4, 0.5) is 0 Å². The molecule has 1 fully saturated rings. The van der Waals surface area contributed by atoms with E-state index in [9.17, 15) is 13.2 Å². The second-order valence-corrected chi connectivity index (χ2v) is 10.1. The molecule has 3 rings (SSSR count). The largest absolute Gasteiger partial charge is 0.494 e. The highest BCUT2D eigenvalue weighted by atomic mass is 32.2. The van der Waals surface area contributed by atoms with Crippen molar-refractivity contribution in [3.63, 3.8) is 0 Å². The number of carbonyl (C=O) groups excluding carboxylic acids is 1. The Morgan fingerprint density at radius 2 is 1.70 bits per heavy atom. The van der Waals surface area contributed by atoms with Crippen LogP contribution < -0.4 is 10.1 Å². The van der Waals surface area contributed by atoms with Gasteiger partial charge in [0.05, 0.1) is 17.3 Å². The lowest BCUT2D eigenvalue weighted by molar-refractivity contribution is -0.118. The second-order valence-electron chi connectivity index (χ2n) is 7.08. The first-order valence-corrected chi connectivity index (χ1v) is 12.6. The monoisotopic (exact) mass is 448 g/mol. The van der Waals surface area contributed by atoms with Crippen molar-refractivity contribution in [2.45, 2.75) is 42.5 Å². The maximum absolute atomic E-state index is 12.7. The fourth-order valence-corrected chi connectivity index (χ4v) is 5.48. The lowest BCUT2D eigenvalue weighted by Gasteiger charge is -2.25. The fraction of sp³-hybridized carbons (Fsp3) is 0.409. The minimum atomic E-state index is -3.42. The van der Waals surface area contributed by atoms with E-state index >= 15 is 0 Å². The number of nitrogens with zero attached hydrogens (tertiary/aromatic N) is 1. The molecule has 0 radical (unpaired) electrons. The standard InChI is InChI=1S/C22H28N2O4S2/c1-2-28-19-8-10-20(11-9-19)29-17-22(25)23-16-18-6-12-21(13-7-18)30(26,27)24-14-4-3-5-15-24/h6-13H,2-5,14-17H2,1H3,(H,23,25). The molecule has 2 aromatic carbocycles. The second kappa shape index (κ2) is 10.8. The van der Waals surface area contributed by atoms with Gasteiger partial charge in [-0.1, -0.05) is 18.6 Å². The van der Waals surface area contributed by atoms with Crippen molar-refractivity contribution in [3.05, 3.63) is 54.1 Å². The number of piperidine rings is 1. The first-order chi connectivity index (χ1) is 14.5. The molecule has 1 aliphatic heterocycles. The van der Waals surface area contributed by atoms with E-state index in [-0.39, 0.29) is 5.91 Å². The van der Waals surface area contributed by atoms with E-state index in [2.05, 4.69) is 5.32 Å². The Balaban J connectivity index is 1.46. The predicted molar refractivity (Wildman–Crippen MR) is 119 cm³/mol. The van der Waals surface area contributed by atoms with Crippen LogP contribution in [0.15, 0.2) is 58.3 Å². The summed E-state index contributed by atoms with van der Waals surface area (Å²) in [5.74, 6) is 1.06. The minimum absolute atomic E-state index is 0.0705. The zero-order chi connectivity index (χ0) is 21.4. The van der Waals surface area contributed by atoms with Gasteiger partial charge >= 0.3 is 0 Å². The minimum Gasteiger partial charge on any atom is -0.494 e. The van der Waals surface area contributed by atoms with Crippen LogP contribution in [0.3, 0.4) is 0 Å². The topological polar surface area (TPSA) is 75.7 Å². The number of amides is 1. The van der Waals surface area contributed by atoms with Gasteiger partial charge in [-0.2, -0.15) is 4.31 Å². The molecule has 30 heavy (non-hydrogen) atoms. The molecule has 0 bridgehead atoms. The quantitative estimate of drug-likeness (QED) is 0.593. The van der Waals surface area contributed by atoms with Crippen molar-refractivity contribution < 1.29 is 17.9 Å². The van der Waals surface area contributed by atoms with Gasteiger partial charge in [-0.3, -0.25) is 4.79 Å². The highest BCUT2D eigenvalue weighted by Gasteiger charge is 2.25. The molecule has 0 saturated carbocycles. The van der Waals surface area contributed by atoms with E-state index in [4.69, 9.17) is 4.74 Å². The van der Waals surface area contributed by atoms with E-state index in [1.165, 1.54) is 11.8 Å². The molecule has 1 amide bonds. The first-order valence-electron chi connectivity index (χ1n) is 10.2. The van der Waals surface area contributed by atoms with E-state index in [1.54, 1.807) is 28.6 Å². The van der Waals surface area contributed by atoms with Crippen LogP contribution in [0.1, 0.15) is 31.7 Å². The van der Waals surface area contributed by atoms with Crippen molar-refractivity contribution in [1.82, 2.24) is 9.62 Å². The normalized spacial score (nSPS) is 15.0. The van der Waals surface area contributed by atoms with Crippen molar-refractivity contribution in [1.29, 1.82) is 0 Å². The Labute approximate surface area is 183 Å². The summed E-state index contributed by atoms with van der Waals surface area (Å²) in [6, 6.07) is 14.4. The Morgan fingerprint density at radius 3 is 2.33 bits per heavy atom. The third-order valence-corrected chi connectivity index (χ3v) is 7.80. The molecule has 1 N–H and O–H groups in total. The average molecular weight is 449 g/mol. The summed E-state index contributed by atoms with van der Waals surface area (Å²) in [5.41, 5.74) is 0.868. The van der Waals surface area contributed by atoms with E-state index in [0.29, 0.717) is 36.9 Å². The molecule has 1 aliphatic rings. The number of carbonyl (C=O) groups is 1. The molecular formula is C22H28N2O4S2. The van der Waals surface area contributed by atoms with E-state index in [1.807, 2.05) is 31.2 Å². The number of hydrogen-bond acceptors (Lipinski definition) is 5. The Kier molecular flexibility index (Phi) is 8.18. The summed E-state index contributed by atoms with van der Waals surface area (Å²) in [5, 5.41) is 2.88. The van der Waals surface area contributed by atoms with Crippen LogP contribution in [0.5, 0.6) is 5.75 Å². The molecule has 0 aromatic heterocycles. The van der Waals surface area contributed by atoms with Gasteiger partial charge in [0.15, 0.2) is 0 Å². The molecule has 1 heterocycles. The van der Waals surface area contributed by atoms with Crippen molar-refractivity contribution in [2.24, 2.45) is 0 Å². The number of benzene rings is 2. The number of thioether (sulfide) groups is 1. The summed E-state index contributed by atoms with van der Waals surface area (Å²) < 4.78 is 32.3. The molecule has 2 aromatic rings. The lowest BCUT2D eigenvalue weighted by Crippen LogP contribution is -2.35. The number of ether oxygens (including phenoxy) is 1. The summed E-state index contributed by atoms with van der Waals surface area (Å²) in [6.45, 7) is 4.11. The predicted octanol–water partition coefficient (Wildman–Crippen LogP) is 3.67. The number of hydrogen-bond donors (Lipinski definition) is 1. The molecule has 0 unspecified atom stereocenters. The average Bonchev–Trinajstić information content (AvgIpc) is 2.78. The van der Waals surface area contributed by atoms with Crippen LogP contribution >= 0.6 is 11.8 Å². The molecule has 1 saturated heterocycles. The van der Waals surface area contributed by atoms with Gasteiger partial charge in [0.1, 0.15) is 5.75 Å². The summed E-state index contributed by atoms with van der Waals surface area (Å²) in [7, 11) is -3.42. The Morgan fingerprint density at radius 1 is 1.03 bits per heavy atom. The van der Waals surface area contributed by atoms with Gasteiger partial charge in [-0.25, -0.2) is 8.42 Å². The third kappa shape index (κ3) is 6.23. The molecule has 8 heteroatoms. The third-order valence-electron chi connectivity index (χ3n) is 4.87. The van der Waals surface area contributed by atoms with Crippen LogP contribution in [0.2, 0.25) is 0 Å². The molecular weight excluding hydrogens is 420 g/mol. The van der Waals surface area contributed by atoms with Crippen molar-refractivity contribution in [2.75, 3.05) is 25.4 Å². The van der Waals surface area contributed by atoms with Crippen LogP contribution in [0.25, 0.3) is 0 Å². The zero-order valence-electron chi connectivity index (χ0n) is 17.2. The highest BCUT2D eigenvalue weighted by Crippen LogP contribution is 2.22. The van der Waals surface area contributed by atoms with E-state index < -0.39 is 10.0 Å². The van der Waals surface area contributed by atoms with Crippen molar-refractivity contribution in [3.8, 4) is 5.75 Å².